The van der Waals surface area contributed by atoms with Crippen LogP contribution < -0.4 is 14.8 Å². The molecule has 10 nitrogen and oxygen atoms in total. The first-order valence-electron chi connectivity index (χ1n) is 9.91. The van der Waals surface area contributed by atoms with Gasteiger partial charge in [-0.1, -0.05) is 17.7 Å². The van der Waals surface area contributed by atoms with Crippen molar-refractivity contribution >= 4 is 29.4 Å². The zero-order valence-electron chi connectivity index (χ0n) is 17.5. The molecule has 0 saturated carbocycles. The van der Waals surface area contributed by atoms with Crippen LogP contribution in [0, 0.1) is 10.8 Å². The summed E-state index contributed by atoms with van der Waals surface area (Å²) < 4.78 is 23.9. The second-order valence-corrected chi connectivity index (χ2v) is 8.21. The van der Waals surface area contributed by atoms with Gasteiger partial charge in [0.05, 0.1) is 12.0 Å². The van der Waals surface area contributed by atoms with Gasteiger partial charge in [0.15, 0.2) is 11.5 Å². The fraction of sp³-hybridized carbons (Fsp3) is 0.333. The molecule has 4 amide bonds. The molecule has 0 spiro atoms. The lowest BCUT2D eigenvalue weighted by atomic mass is 9.83. The molecule has 172 valence electrons. The Balaban J connectivity index is 1.47. The molecule has 1 aromatic carbocycles. The van der Waals surface area contributed by atoms with Crippen LogP contribution in [-0.2, 0) is 16.0 Å². The van der Waals surface area contributed by atoms with Crippen molar-refractivity contribution in [3.63, 3.8) is 0 Å². The van der Waals surface area contributed by atoms with E-state index in [2.05, 4.69) is 15.5 Å². The minimum absolute atomic E-state index is 0.00874. The highest BCUT2D eigenvalue weighted by molar-refractivity contribution is 6.30. The highest BCUT2D eigenvalue weighted by Crippen LogP contribution is 2.41. The largest absolute Gasteiger partial charge is 0.423 e. The second kappa shape index (κ2) is 8.39. The number of rotatable bonds is 5. The van der Waals surface area contributed by atoms with Gasteiger partial charge in [-0.2, -0.15) is 4.39 Å². The van der Waals surface area contributed by atoms with E-state index in [1.807, 2.05) is 0 Å². The Kier molecular flexibility index (Phi) is 5.75. The number of carbonyl (C=O) groups excluding carboxylic acids is 3. The standard InChI is InChI=1S/C21H18ClFN4O6/c1-10(11-3-4-15-16(7-11)33-21(2,23)32-15)25-20(30)27-17(18(28)26-31)14(19(27)29)9-13-8-12(22)5-6-24-13/h3-8,10,14,17H,9H2,1-2H3,(H,25,30)/t10-,14-,17+,21?/m1/s1. The number of pyridine rings is 1. The predicted molar refractivity (Wildman–Crippen MR) is 112 cm³/mol. The third kappa shape index (κ3) is 4.36. The van der Waals surface area contributed by atoms with Crippen molar-refractivity contribution in [1.82, 2.24) is 15.2 Å². The number of β-lactam (4-membered cyclic amide) rings is 1. The van der Waals surface area contributed by atoms with Crippen LogP contribution in [0.5, 0.6) is 11.5 Å². The molecule has 33 heavy (non-hydrogen) atoms. The maximum Gasteiger partial charge on any atom is 0.404 e. The number of hydrogen-bond donors (Lipinski definition) is 1. The Bertz CT molecular complexity index is 1160. The van der Waals surface area contributed by atoms with Crippen molar-refractivity contribution in [2.45, 2.75) is 38.4 Å². The maximum atomic E-state index is 13.9. The number of hydrogen-bond acceptors (Lipinski definition) is 7. The van der Waals surface area contributed by atoms with Gasteiger partial charge in [0.1, 0.15) is 6.04 Å². The number of aromatic nitrogens is 1. The Morgan fingerprint density at radius 2 is 2.03 bits per heavy atom. The summed E-state index contributed by atoms with van der Waals surface area (Å²) in [6, 6.07) is 2.47. The number of halogens is 2. The monoisotopic (exact) mass is 476 g/mol. The van der Waals surface area contributed by atoms with Crippen molar-refractivity contribution in [3.05, 3.63) is 57.7 Å². The van der Waals surface area contributed by atoms with Gasteiger partial charge in [0, 0.05) is 35.4 Å². The number of fused-ring (bicyclic) bond motifs is 1. The third-order valence-electron chi connectivity index (χ3n) is 5.38. The lowest BCUT2D eigenvalue weighted by Crippen LogP contribution is -2.68. The first-order valence-corrected chi connectivity index (χ1v) is 10.3. The van der Waals surface area contributed by atoms with Crippen LogP contribution in [0.3, 0.4) is 0 Å². The van der Waals surface area contributed by atoms with Gasteiger partial charge in [-0.25, -0.2) is 4.79 Å². The fourth-order valence-corrected chi connectivity index (χ4v) is 3.99. The van der Waals surface area contributed by atoms with E-state index in [1.165, 1.54) is 24.4 Å². The minimum Gasteiger partial charge on any atom is -0.423 e. The average molecular weight is 477 g/mol. The first-order chi connectivity index (χ1) is 15.6. The van der Waals surface area contributed by atoms with Crippen molar-refractivity contribution in [2.75, 3.05) is 0 Å². The number of nitroso groups, excluding NO2 is 1. The molecule has 3 heterocycles. The Labute approximate surface area is 192 Å². The highest BCUT2D eigenvalue weighted by Gasteiger charge is 2.55. The van der Waals surface area contributed by atoms with Crippen molar-refractivity contribution in [3.8, 4) is 11.5 Å². The molecule has 2 aliphatic rings. The van der Waals surface area contributed by atoms with Crippen LogP contribution in [0.1, 0.15) is 31.1 Å². The van der Waals surface area contributed by atoms with Gasteiger partial charge in [0.2, 0.25) is 5.91 Å². The van der Waals surface area contributed by atoms with Crippen LogP contribution >= 0.6 is 11.6 Å². The summed E-state index contributed by atoms with van der Waals surface area (Å²) in [5, 5.41) is 5.38. The van der Waals surface area contributed by atoms with Gasteiger partial charge in [-0.3, -0.25) is 19.5 Å². The molecule has 1 N–H and O–H groups in total. The summed E-state index contributed by atoms with van der Waals surface area (Å²) in [5.74, 6) is -2.40. The molecule has 1 saturated heterocycles. The van der Waals surface area contributed by atoms with Gasteiger partial charge in [-0.15, -0.1) is 4.91 Å². The summed E-state index contributed by atoms with van der Waals surface area (Å²) in [5.41, 5.74) is 0.964. The smallest absolute Gasteiger partial charge is 0.404 e. The molecular formula is C21H18ClFN4O6. The Hall–Kier alpha value is -3.60. The Morgan fingerprint density at radius 1 is 1.30 bits per heavy atom. The number of amides is 4. The minimum atomic E-state index is -2.29. The molecule has 1 unspecified atom stereocenters. The predicted octanol–water partition coefficient (Wildman–Crippen LogP) is 3.28. The molecule has 12 heteroatoms. The van der Waals surface area contributed by atoms with Crippen LogP contribution in [0.4, 0.5) is 9.18 Å². The summed E-state index contributed by atoms with van der Waals surface area (Å²) in [4.78, 5) is 53.2. The molecule has 4 rings (SSSR count). The second-order valence-electron chi connectivity index (χ2n) is 7.77. The van der Waals surface area contributed by atoms with Crippen LogP contribution in [0.2, 0.25) is 5.02 Å². The third-order valence-corrected chi connectivity index (χ3v) is 5.61. The van der Waals surface area contributed by atoms with Crippen molar-refractivity contribution in [1.29, 1.82) is 0 Å². The van der Waals surface area contributed by atoms with E-state index in [-0.39, 0.29) is 17.9 Å². The lowest BCUT2D eigenvalue weighted by Gasteiger charge is -2.43. The molecule has 2 aliphatic heterocycles. The first kappa shape index (κ1) is 22.6. The number of alkyl halides is 1. The molecule has 1 aromatic heterocycles. The van der Waals surface area contributed by atoms with E-state index < -0.39 is 41.9 Å². The normalized spacial score (nSPS) is 24.1. The molecule has 0 radical (unpaired) electrons. The van der Waals surface area contributed by atoms with E-state index in [4.69, 9.17) is 21.1 Å². The quantitative estimate of drug-likeness (QED) is 0.518. The van der Waals surface area contributed by atoms with E-state index >= 15 is 0 Å². The molecule has 0 bridgehead atoms. The van der Waals surface area contributed by atoms with E-state index in [1.54, 1.807) is 19.1 Å². The molecule has 1 fully saturated rings. The van der Waals surface area contributed by atoms with Crippen LogP contribution in [0.25, 0.3) is 0 Å². The molecule has 0 aliphatic carbocycles. The number of nitrogens with zero attached hydrogens (tertiary/aromatic N) is 3. The average Bonchev–Trinajstić information content (AvgIpc) is 3.07. The number of carbonyl (C=O) groups is 3. The highest BCUT2D eigenvalue weighted by atomic mass is 35.5. The Morgan fingerprint density at radius 3 is 2.73 bits per heavy atom. The van der Waals surface area contributed by atoms with Crippen molar-refractivity contribution in [2.24, 2.45) is 11.1 Å². The topological polar surface area (TPSA) is 127 Å². The lowest BCUT2D eigenvalue weighted by molar-refractivity contribution is -0.173. The van der Waals surface area contributed by atoms with Crippen LogP contribution in [-0.4, -0.2) is 39.8 Å². The zero-order valence-corrected chi connectivity index (χ0v) is 18.2. The number of likely N-dealkylation sites (tertiary alicyclic amines) is 1. The van der Waals surface area contributed by atoms with Crippen LogP contribution in [0.15, 0.2) is 41.7 Å². The summed E-state index contributed by atoms with van der Waals surface area (Å²) >= 11 is 5.93. The molecule has 4 atom stereocenters. The summed E-state index contributed by atoms with van der Waals surface area (Å²) in [6.45, 7) is 2.73. The maximum absolute atomic E-state index is 13.9. The SMILES string of the molecule is C[C@@H](NC(=O)N1C(=O)[C@H](Cc2cc(Cl)ccn2)[C@H]1C(=O)N=O)c1ccc2c(c1)OC(C)(F)O2. The number of nitrogens with one attached hydrogen (secondary N) is 1. The summed E-state index contributed by atoms with van der Waals surface area (Å²) in [7, 11) is 0. The van der Waals surface area contributed by atoms with Gasteiger partial charge < -0.3 is 14.8 Å². The number of ether oxygens (including phenoxy) is 2. The van der Waals surface area contributed by atoms with E-state index in [9.17, 15) is 23.7 Å². The van der Waals surface area contributed by atoms with E-state index in [0.29, 0.717) is 21.2 Å². The zero-order chi connectivity index (χ0) is 23.9. The number of urea groups is 1. The fourth-order valence-electron chi connectivity index (χ4n) is 3.81. The van der Waals surface area contributed by atoms with Gasteiger partial charge >= 0.3 is 18.0 Å². The van der Waals surface area contributed by atoms with Gasteiger partial charge in [-0.05, 0) is 36.8 Å². The van der Waals surface area contributed by atoms with Gasteiger partial charge in [0.25, 0.3) is 0 Å². The molecule has 2 aromatic rings. The number of benzene rings is 1. The summed E-state index contributed by atoms with van der Waals surface area (Å²) in [6.07, 6.45) is 1.45. The van der Waals surface area contributed by atoms with Crippen molar-refractivity contribution < 1.29 is 28.2 Å². The molecular weight excluding hydrogens is 459 g/mol. The van der Waals surface area contributed by atoms with E-state index in [0.717, 1.165) is 6.92 Å². The number of imide groups is 1.